The first-order chi connectivity index (χ1) is 10.0. The summed E-state index contributed by atoms with van der Waals surface area (Å²) in [4.78, 5) is 14.1. The highest BCUT2D eigenvalue weighted by molar-refractivity contribution is 6.08. The van der Waals surface area contributed by atoms with Crippen molar-refractivity contribution >= 4 is 17.3 Å². The van der Waals surface area contributed by atoms with Gasteiger partial charge >= 0.3 is 0 Å². The van der Waals surface area contributed by atoms with Crippen molar-refractivity contribution in [2.75, 3.05) is 17.2 Å². The molecule has 3 N–H and O–H groups in total. The quantitative estimate of drug-likeness (QED) is 0.849. The molecule has 0 aromatic heterocycles. The molecule has 0 radical (unpaired) electrons. The number of benzene rings is 2. The Morgan fingerprint density at radius 3 is 2.67 bits per heavy atom. The lowest BCUT2D eigenvalue weighted by molar-refractivity contribution is 0.0984. The van der Waals surface area contributed by atoms with Gasteiger partial charge in [0.1, 0.15) is 11.6 Å². The van der Waals surface area contributed by atoms with Crippen LogP contribution in [0, 0.1) is 5.82 Å². The molecule has 0 bridgehead atoms. The largest absolute Gasteiger partial charge is 0.507 e. The van der Waals surface area contributed by atoms with Crippen LogP contribution in [0.25, 0.3) is 0 Å². The molecule has 0 atom stereocenters. The molecule has 2 aromatic carbocycles. The third-order valence-corrected chi connectivity index (χ3v) is 3.06. The Kier molecular flexibility index (Phi) is 4.42. The number of carbonyl (C=O) groups excluding carboxylic acids is 1. The van der Waals surface area contributed by atoms with E-state index in [0.717, 1.165) is 18.6 Å². The Bertz CT molecular complexity index is 658. The van der Waals surface area contributed by atoms with Crippen LogP contribution >= 0.6 is 0 Å². The van der Waals surface area contributed by atoms with E-state index in [9.17, 15) is 14.3 Å². The van der Waals surface area contributed by atoms with E-state index in [1.807, 2.05) is 6.92 Å². The van der Waals surface area contributed by atoms with Gasteiger partial charge in [-0.05, 0) is 36.8 Å². The monoisotopic (exact) mass is 288 g/mol. The van der Waals surface area contributed by atoms with Gasteiger partial charge in [-0.3, -0.25) is 4.79 Å². The third-order valence-electron chi connectivity index (χ3n) is 3.06. The highest BCUT2D eigenvalue weighted by Crippen LogP contribution is 2.24. The Labute approximate surface area is 122 Å². The molecule has 21 heavy (non-hydrogen) atoms. The zero-order chi connectivity index (χ0) is 15.4. The average molecular weight is 288 g/mol. The summed E-state index contributed by atoms with van der Waals surface area (Å²) in [5, 5.41) is 9.77. The van der Waals surface area contributed by atoms with Gasteiger partial charge in [-0.2, -0.15) is 0 Å². The number of nitrogen functional groups attached to an aromatic ring is 1. The van der Waals surface area contributed by atoms with Crippen LogP contribution in [0.4, 0.5) is 15.8 Å². The summed E-state index contributed by atoms with van der Waals surface area (Å²) in [6.45, 7) is 2.41. The first-order valence-electron chi connectivity index (χ1n) is 6.69. The molecular weight excluding hydrogens is 271 g/mol. The van der Waals surface area contributed by atoms with Gasteiger partial charge in [0.15, 0.2) is 0 Å². The molecule has 2 aromatic rings. The molecule has 0 saturated carbocycles. The number of aromatic hydroxyl groups is 1. The number of hydrogen-bond donors (Lipinski definition) is 2. The molecule has 0 heterocycles. The molecule has 0 unspecified atom stereocenters. The van der Waals surface area contributed by atoms with Crippen LogP contribution in [0.1, 0.15) is 23.7 Å². The molecule has 4 nitrogen and oxygen atoms in total. The van der Waals surface area contributed by atoms with Crippen molar-refractivity contribution in [1.82, 2.24) is 0 Å². The molecule has 110 valence electrons. The highest BCUT2D eigenvalue weighted by atomic mass is 19.1. The van der Waals surface area contributed by atoms with Gasteiger partial charge in [-0.15, -0.1) is 0 Å². The van der Waals surface area contributed by atoms with E-state index in [2.05, 4.69) is 0 Å². The van der Waals surface area contributed by atoms with E-state index in [0.29, 0.717) is 17.9 Å². The van der Waals surface area contributed by atoms with Crippen molar-refractivity contribution < 1.29 is 14.3 Å². The second kappa shape index (κ2) is 6.26. The predicted molar refractivity (Wildman–Crippen MR) is 80.9 cm³/mol. The van der Waals surface area contributed by atoms with Crippen LogP contribution in [0.3, 0.4) is 0 Å². The highest BCUT2D eigenvalue weighted by Gasteiger charge is 2.20. The summed E-state index contributed by atoms with van der Waals surface area (Å²) in [7, 11) is 0. The van der Waals surface area contributed by atoms with Crippen LogP contribution in [-0.4, -0.2) is 17.6 Å². The van der Waals surface area contributed by atoms with Gasteiger partial charge < -0.3 is 15.7 Å². The standard InChI is InChI=1S/C16H17FN2O2/c1-2-8-19(13-5-3-4-12(18)10-13)16(21)14-7-6-11(17)9-15(14)20/h3-7,9-10,20H,2,8,18H2,1H3. The fraction of sp³-hybridized carbons (Fsp3) is 0.188. The first kappa shape index (κ1) is 14.8. The van der Waals surface area contributed by atoms with E-state index in [-0.39, 0.29) is 17.2 Å². The van der Waals surface area contributed by atoms with Crippen molar-refractivity contribution in [3.63, 3.8) is 0 Å². The number of rotatable bonds is 4. The summed E-state index contributed by atoms with van der Waals surface area (Å²) >= 11 is 0. The van der Waals surface area contributed by atoms with Crippen LogP contribution in [0.5, 0.6) is 5.75 Å². The van der Waals surface area contributed by atoms with Crippen LogP contribution in [-0.2, 0) is 0 Å². The van der Waals surface area contributed by atoms with Gasteiger partial charge in [0.05, 0.1) is 5.56 Å². The molecule has 0 spiro atoms. The molecule has 0 aliphatic carbocycles. The summed E-state index contributed by atoms with van der Waals surface area (Å²) in [5.74, 6) is -1.35. The molecule has 1 amide bonds. The van der Waals surface area contributed by atoms with Crippen molar-refractivity contribution in [1.29, 1.82) is 0 Å². The Balaban J connectivity index is 2.40. The normalized spacial score (nSPS) is 10.4. The number of amides is 1. The molecule has 5 heteroatoms. The Morgan fingerprint density at radius 1 is 1.29 bits per heavy atom. The molecule has 0 aliphatic heterocycles. The lowest BCUT2D eigenvalue weighted by Gasteiger charge is -2.23. The SMILES string of the molecule is CCCN(C(=O)c1ccc(F)cc1O)c1cccc(N)c1. The average Bonchev–Trinajstić information content (AvgIpc) is 2.44. The lowest BCUT2D eigenvalue weighted by atomic mass is 10.1. The van der Waals surface area contributed by atoms with Gasteiger partial charge in [0.25, 0.3) is 5.91 Å². The zero-order valence-corrected chi connectivity index (χ0v) is 11.7. The second-order valence-corrected chi connectivity index (χ2v) is 4.71. The fourth-order valence-corrected chi connectivity index (χ4v) is 2.10. The molecule has 0 saturated heterocycles. The van der Waals surface area contributed by atoms with Gasteiger partial charge in [0, 0.05) is 24.0 Å². The number of nitrogens with zero attached hydrogens (tertiary/aromatic N) is 1. The predicted octanol–water partition coefficient (Wildman–Crippen LogP) is 3.17. The minimum Gasteiger partial charge on any atom is -0.507 e. The Hall–Kier alpha value is -2.56. The number of hydrogen-bond acceptors (Lipinski definition) is 3. The summed E-state index contributed by atoms with van der Waals surface area (Å²) in [5.41, 5.74) is 7.00. The van der Waals surface area contributed by atoms with Gasteiger partial charge in [0.2, 0.25) is 0 Å². The number of halogens is 1. The maximum absolute atomic E-state index is 13.0. The molecule has 2 rings (SSSR count). The fourth-order valence-electron chi connectivity index (χ4n) is 2.10. The second-order valence-electron chi connectivity index (χ2n) is 4.71. The van der Waals surface area contributed by atoms with Crippen molar-refractivity contribution in [3.8, 4) is 5.75 Å². The van der Waals surface area contributed by atoms with Crippen molar-refractivity contribution in [2.45, 2.75) is 13.3 Å². The van der Waals surface area contributed by atoms with E-state index >= 15 is 0 Å². The molecule has 0 fully saturated rings. The number of phenols is 1. The van der Waals surface area contributed by atoms with Crippen LogP contribution in [0.15, 0.2) is 42.5 Å². The van der Waals surface area contributed by atoms with Crippen molar-refractivity contribution in [2.24, 2.45) is 0 Å². The van der Waals surface area contributed by atoms with E-state index < -0.39 is 5.82 Å². The minimum absolute atomic E-state index is 0.0623. The zero-order valence-electron chi connectivity index (χ0n) is 11.7. The molecular formula is C16H17FN2O2. The van der Waals surface area contributed by atoms with E-state index in [1.165, 1.54) is 11.0 Å². The Morgan fingerprint density at radius 2 is 2.05 bits per heavy atom. The summed E-state index contributed by atoms with van der Waals surface area (Å²) < 4.78 is 13.0. The lowest BCUT2D eigenvalue weighted by Crippen LogP contribution is -2.31. The number of anilines is 2. The third kappa shape index (κ3) is 3.31. The van der Waals surface area contributed by atoms with E-state index in [4.69, 9.17) is 5.73 Å². The van der Waals surface area contributed by atoms with E-state index in [1.54, 1.807) is 24.3 Å². The van der Waals surface area contributed by atoms with Crippen LogP contribution in [0.2, 0.25) is 0 Å². The maximum atomic E-state index is 13.0. The van der Waals surface area contributed by atoms with Crippen molar-refractivity contribution in [3.05, 3.63) is 53.8 Å². The smallest absolute Gasteiger partial charge is 0.262 e. The minimum atomic E-state index is -0.588. The topological polar surface area (TPSA) is 66.6 Å². The first-order valence-corrected chi connectivity index (χ1v) is 6.69. The summed E-state index contributed by atoms with van der Waals surface area (Å²) in [6.07, 6.45) is 0.739. The maximum Gasteiger partial charge on any atom is 0.262 e. The number of nitrogens with two attached hydrogens (primary N) is 1. The number of phenolic OH excluding ortho intramolecular Hbond substituents is 1. The molecule has 0 aliphatic rings. The van der Waals surface area contributed by atoms with Gasteiger partial charge in [-0.1, -0.05) is 13.0 Å². The number of carbonyl (C=O) groups is 1. The van der Waals surface area contributed by atoms with Gasteiger partial charge in [-0.25, -0.2) is 4.39 Å². The summed E-state index contributed by atoms with van der Waals surface area (Å²) in [6, 6.07) is 10.3. The van der Waals surface area contributed by atoms with Crippen LogP contribution < -0.4 is 10.6 Å².